The van der Waals surface area contributed by atoms with Crippen molar-refractivity contribution in [3.05, 3.63) is 47.7 Å². The van der Waals surface area contributed by atoms with Crippen molar-refractivity contribution in [2.75, 3.05) is 37.7 Å². The van der Waals surface area contributed by atoms with Crippen molar-refractivity contribution in [3.8, 4) is 0 Å². The maximum atomic E-state index is 13.0. The Morgan fingerprint density at radius 3 is 2.50 bits per heavy atom. The van der Waals surface area contributed by atoms with E-state index in [1.165, 1.54) is 5.39 Å². The molecule has 7 heteroatoms. The fourth-order valence-corrected chi connectivity index (χ4v) is 5.99. The number of carbonyl (C=O) groups is 2. The van der Waals surface area contributed by atoms with E-state index in [2.05, 4.69) is 45.4 Å². The molecule has 2 aromatic rings. The van der Waals surface area contributed by atoms with Crippen molar-refractivity contribution in [1.29, 1.82) is 0 Å². The van der Waals surface area contributed by atoms with Gasteiger partial charge in [-0.1, -0.05) is 18.2 Å². The number of amides is 1. The average molecular weight is 491 g/mol. The normalized spacial score (nSPS) is 23.5. The summed E-state index contributed by atoms with van der Waals surface area (Å²) in [4.78, 5) is 35.2. The molecule has 2 fully saturated rings. The summed E-state index contributed by atoms with van der Waals surface area (Å²) in [5, 5.41) is 4.30. The lowest BCUT2D eigenvalue weighted by molar-refractivity contribution is -0.138. The van der Waals surface area contributed by atoms with Crippen LogP contribution in [0.15, 0.2) is 47.7 Å². The van der Waals surface area contributed by atoms with Crippen LogP contribution in [0.4, 0.5) is 5.82 Å². The Morgan fingerprint density at radius 2 is 1.72 bits per heavy atom. The first-order valence-electron chi connectivity index (χ1n) is 13.7. The van der Waals surface area contributed by atoms with Gasteiger partial charge in [0.25, 0.3) is 0 Å². The van der Waals surface area contributed by atoms with Crippen LogP contribution in [0.2, 0.25) is 0 Å². The third kappa shape index (κ3) is 5.56. The highest BCUT2D eigenvalue weighted by molar-refractivity contribution is 5.91. The monoisotopic (exact) mass is 490 g/mol. The molecule has 2 heterocycles. The van der Waals surface area contributed by atoms with E-state index in [-0.39, 0.29) is 17.8 Å². The number of aromatic nitrogens is 1. The molecule has 3 aliphatic rings. The van der Waals surface area contributed by atoms with E-state index >= 15 is 0 Å². The van der Waals surface area contributed by atoms with Gasteiger partial charge in [0.05, 0.1) is 17.7 Å². The topological polar surface area (TPSA) is 74.8 Å². The van der Waals surface area contributed by atoms with E-state index in [4.69, 9.17) is 9.72 Å². The molecule has 1 aliphatic heterocycles. The van der Waals surface area contributed by atoms with Crippen LogP contribution in [-0.4, -0.2) is 60.6 Å². The molecule has 5 rings (SSSR count). The lowest BCUT2D eigenvalue weighted by Gasteiger charge is -2.42. The van der Waals surface area contributed by atoms with Gasteiger partial charge in [0.15, 0.2) is 0 Å². The number of hydrogen-bond acceptors (Lipinski definition) is 6. The Bertz CT molecular complexity index is 1110. The molecule has 192 valence electrons. The van der Waals surface area contributed by atoms with Crippen LogP contribution in [0, 0.1) is 5.92 Å². The Morgan fingerprint density at radius 1 is 0.972 bits per heavy atom. The predicted molar refractivity (Wildman–Crippen MR) is 142 cm³/mol. The van der Waals surface area contributed by atoms with Gasteiger partial charge < -0.3 is 15.0 Å². The Labute approximate surface area is 213 Å². The molecule has 0 atom stereocenters. The second-order valence-electron chi connectivity index (χ2n) is 10.3. The second kappa shape index (κ2) is 11.4. The highest BCUT2D eigenvalue weighted by atomic mass is 16.5. The summed E-state index contributed by atoms with van der Waals surface area (Å²) in [6.07, 6.45) is 7.35. The predicted octanol–water partition coefficient (Wildman–Crippen LogP) is 4.42. The molecular weight excluding hydrogens is 452 g/mol. The largest absolute Gasteiger partial charge is 0.463 e. The van der Waals surface area contributed by atoms with Gasteiger partial charge in [-0.25, -0.2) is 9.78 Å². The molecule has 1 saturated heterocycles. The standard InChI is InChI=1S/C29H38N4O3/c1-2-36-29(35)24-8-4-6-10-26(24)31-28(34)22-11-14-23(15-12-22)32-17-19-33(20-18-32)27-16-13-21-7-3-5-9-25(21)30-27/h3,5,7,9,13,16,22-23H,2,4,6,8,10-12,14-15,17-20H2,1H3,(H,31,34). The van der Waals surface area contributed by atoms with Gasteiger partial charge in [0, 0.05) is 49.2 Å². The molecule has 0 bridgehead atoms. The number of carbonyl (C=O) groups excluding carboxylic acids is 2. The van der Waals surface area contributed by atoms with E-state index < -0.39 is 0 Å². The first kappa shape index (κ1) is 24.8. The summed E-state index contributed by atoms with van der Waals surface area (Å²) in [5.74, 6) is 0.906. The zero-order valence-corrected chi connectivity index (χ0v) is 21.4. The van der Waals surface area contributed by atoms with Gasteiger partial charge in [-0.05, 0) is 76.5 Å². The fraction of sp³-hybridized carbons (Fsp3) is 0.552. The van der Waals surface area contributed by atoms with Crippen LogP contribution in [0.25, 0.3) is 10.9 Å². The minimum Gasteiger partial charge on any atom is -0.463 e. The maximum absolute atomic E-state index is 13.0. The summed E-state index contributed by atoms with van der Waals surface area (Å²) in [7, 11) is 0. The molecule has 0 radical (unpaired) electrons. The Balaban J connectivity index is 1.11. The molecule has 0 spiro atoms. The molecule has 1 aromatic carbocycles. The number of pyridine rings is 1. The average Bonchev–Trinajstić information content (AvgIpc) is 2.93. The van der Waals surface area contributed by atoms with E-state index in [1.54, 1.807) is 0 Å². The van der Waals surface area contributed by atoms with Crippen LogP contribution < -0.4 is 10.2 Å². The summed E-state index contributed by atoms with van der Waals surface area (Å²) in [6.45, 7) is 6.21. The van der Waals surface area contributed by atoms with Crippen LogP contribution in [-0.2, 0) is 14.3 Å². The number of nitrogens with zero attached hydrogens (tertiary/aromatic N) is 3. The molecule has 1 aromatic heterocycles. The van der Waals surface area contributed by atoms with Crippen LogP contribution in [0.1, 0.15) is 58.3 Å². The first-order chi connectivity index (χ1) is 17.6. The maximum Gasteiger partial charge on any atom is 0.335 e. The van der Waals surface area contributed by atoms with E-state index in [1.807, 2.05) is 13.0 Å². The van der Waals surface area contributed by atoms with E-state index in [9.17, 15) is 9.59 Å². The lowest BCUT2D eigenvalue weighted by Crippen LogP contribution is -2.51. The quantitative estimate of drug-likeness (QED) is 0.604. The Kier molecular flexibility index (Phi) is 7.85. The fourth-order valence-electron chi connectivity index (χ4n) is 5.99. The van der Waals surface area contributed by atoms with Crippen LogP contribution in [0.5, 0.6) is 0 Å². The van der Waals surface area contributed by atoms with Crippen molar-refractivity contribution in [2.45, 2.75) is 64.3 Å². The Hall–Kier alpha value is -2.93. The number of benzene rings is 1. The molecule has 1 N–H and O–H groups in total. The van der Waals surface area contributed by atoms with Gasteiger partial charge in [0.2, 0.25) is 5.91 Å². The summed E-state index contributed by atoms with van der Waals surface area (Å²) in [6, 6.07) is 13.1. The van der Waals surface area contributed by atoms with Gasteiger partial charge in [-0.3, -0.25) is 9.69 Å². The minimum absolute atomic E-state index is 0.0298. The first-order valence-corrected chi connectivity index (χ1v) is 13.7. The molecule has 1 saturated carbocycles. The number of anilines is 1. The third-order valence-corrected chi connectivity index (χ3v) is 8.07. The van der Waals surface area contributed by atoms with Crippen molar-refractivity contribution >= 4 is 28.6 Å². The summed E-state index contributed by atoms with van der Waals surface area (Å²) < 4.78 is 5.21. The number of ether oxygens (including phenoxy) is 1. The molecule has 1 amide bonds. The lowest BCUT2D eigenvalue weighted by atomic mass is 9.84. The number of fused-ring (bicyclic) bond motifs is 1. The molecular formula is C29H38N4O3. The van der Waals surface area contributed by atoms with E-state index in [0.717, 1.165) is 88.2 Å². The zero-order valence-electron chi connectivity index (χ0n) is 21.4. The van der Waals surface area contributed by atoms with Gasteiger partial charge in [0.1, 0.15) is 5.82 Å². The molecule has 7 nitrogen and oxygen atoms in total. The van der Waals surface area contributed by atoms with E-state index in [0.29, 0.717) is 24.6 Å². The number of para-hydroxylation sites is 1. The molecule has 36 heavy (non-hydrogen) atoms. The number of piperazine rings is 1. The third-order valence-electron chi connectivity index (χ3n) is 8.07. The molecule has 2 aliphatic carbocycles. The van der Waals surface area contributed by atoms with Gasteiger partial charge in [-0.15, -0.1) is 0 Å². The summed E-state index contributed by atoms with van der Waals surface area (Å²) in [5.41, 5.74) is 2.52. The number of esters is 1. The SMILES string of the molecule is CCOC(=O)C1=C(NC(=O)C2CCC(N3CCN(c4ccc5ccccc5n4)CC3)CC2)CCCC1. The minimum atomic E-state index is -0.269. The highest BCUT2D eigenvalue weighted by Gasteiger charge is 2.32. The number of rotatable bonds is 6. The van der Waals surface area contributed by atoms with Crippen LogP contribution in [0.3, 0.4) is 0 Å². The smallest absolute Gasteiger partial charge is 0.335 e. The van der Waals surface area contributed by atoms with Crippen molar-refractivity contribution in [3.63, 3.8) is 0 Å². The second-order valence-corrected chi connectivity index (χ2v) is 10.3. The number of hydrogen-bond donors (Lipinski definition) is 1. The zero-order chi connectivity index (χ0) is 24.9. The number of nitrogens with one attached hydrogen (secondary N) is 1. The van der Waals surface area contributed by atoms with Crippen molar-refractivity contribution in [1.82, 2.24) is 15.2 Å². The highest BCUT2D eigenvalue weighted by Crippen LogP contribution is 2.31. The molecule has 0 unspecified atom stereocenters. The van der Waals surface area contributed by atoms with Crippen LogP contribution >= 0.6 is 0 Å². The van der Waals surface area contributed by atoms with Crippen molar-refractivity contribution in [2.24, 2.45) is 5.92 Å². The number of allylic oxidation sites excluding steroid dienone is 1. The van der Waals surface area contributed by atoms with Gasteiger partial charge in [-0.2, -0.15) is 0 Å². The van der Waals surface area contributed by atoms with Gasteiger partial charge >= 0.3 is 5.97 Å². The summed E-state index contributed by atoms with van der Waals surface area (Å²) >= 11 is 0. The van der Waals surface area contributed by atoms with Crippen molar-refractivity contribution < 1.29 is 14.3 Å².